The molecular formula is C18H18ClN3O5S. The summed E-state index contributed by atoms with van der Waals surface area (Å²) in [4.78, 5) is 33.7. The molecule has 0 N–H and O–H groups in total. The number of carbonyl (C=O) groups excluding carboxylic acids is 2. The standard InChI is InChI=1S/C18H18ClN3O5S/c1-18(2,3)27-17(24)22-9-11-6-5-10(7-12(11)15(22)23)14-13(19)8-20-16(21-14)28(4,25)26/h5-8H,9H2,1-4H3. The van der Waals surface area contributed by atoms with Crippen molar-refractivity contribution in [2.45, 2.75) is 38.1 Å². The average molecular weight is 424 g/mol. The molecule has 1 aromatic carbocycles. The molecule has 0 aliphatic carbocycles. The number of benzene rings is 1. The van der Waals surface area contributed by atoms with Gasteiger partial charge in [-0.05, 0) is 32.4 Å². The molecule has 0 radical (unpaired) electrons. The number of nitrogens with zero attached hydrogens (tertiary/aromatic N) is 3. The quantitative estimate of drug-likeness (QED) is 0.683. The fourth-order valence-electron chi connectivity index (χ4n) is 2.64. The summed E-state index contributed by atoms with van der Waals surface area (Å²) in [5.74, 6) is -0.500. The first-order valence-corrected chi connectivity index (χ1v) is 10.5. The number of fused-ring (bicyclic) bond motifs is 1. The minimum atomic E-state index is -3.63. The van der Waals surface area contributed by atoms with E-state index in [0.29, 0.717) is 16.7 Å². The van der Waals surface area contributed by atoms with Gasteiger partial charge in [0, 0.05) is 17.4 Å². The van der Waals surface area contributed by atoms with E-state index in [4.69, 9.17) is 16.3 Å². The third-order valence-corrected chi connectivity index (χ3v) is 4.99. The van der Waals surface area contributed by atoms with Crippen molar-refractivity contribution in [3.8, 4) is 11.3 Å². The lowest BCUT2D eigenvalue weighted by molar-refractivity contribution is 0.0248. The van der Waals surface area contributed by atoms with E-state index in [-0.39, 0.29) is 22.4 Å². The van der Waals surface area contributed by atoms with Crippen molar-refractivity contribution in [1.82, 2.24) is 14.9 Å². The van der Waals surface area contributed by atoms with Gasteiger partial charge in [0.1, 0.15) is 5.60 Å². The van der Waals surface area contributed by atoms with Crippen LogP contribution in [0.25, 0.3) is 11.3 Å². The molecule has 0 spiro atoms. The highest BCUT2D eigenvalue weighted by atomic mass is 35.5. The van der Waals surface area contributed by atoms with Gasteiger partial charge in [-0.25, -0.2) is 28.1 Å². The lowest BCUT2D eigenvalue weighted by Gasteiger charge is -2.23. The molecule has 0 fully saturated rings. The topological polar surface area (TPSA) is 107 Å². The molecule has 148 valence electrons. The highest BCUT2D eigenvalue weighted by Gasteiger charge is 2.35. The molecular weight excluding hydrogens is 406 g/mol. The highest BCUT2D eigenvalue weighted by molar-refractivity contribution is 7.90. The fourth-order valence-corrected chi connectivity index (χ4v) is 3.35. The van der Waals surface area contributed by atoms with Crippen LogP contribution in [-0.2, 0) is 21.1 Å². The number of carbonyl (C=O) groups is 2. The Morgan fingerprint density at radius 1 is 1.29 bits per heavy atom. The van der Waals surface area contributed by atoms with Crippen molar-refractivity contribution in [2.24, 2.45) is 0 Å². The van der Waals surface area contributed by atoms with Crippen molar-refractivity contribution < 1.29 is 22.7 Å². The Bertz CT molecular complexity index is 1090. The van der Waals surface area contributed by atoms with Gasteiger partial charge in [0.25, 0.3) is 5.91 Å². The van der Waals surface area contributed by atoms with Gasteiger partial charge >= 0.3 is 6.09 Å². The molecule has 1 aliphatic heterocycles. The molecule has 8 nitrogen and oxygen atoms in total. The maximum Gasteiger partial charge on any atom is 0.417 e. The molecule has 1 aliphatic rings. The molecule has 0 bridgehead atoms. The Balaban J connectivity index is 1.98. The van der Waals surface area contributed by atoms with Gasteiger partial charge in [0.05, 0.1) is 23.5 Å². The van der Waals surface area contributed by atoms with Crippen LogP contribution in [0.1, 0.15) is 36.7 Å². The third kappa shape index (κ3) is 4.00. The van der Waals surface area contributed by atoms with Crippen molar-refractivity contribution in [3.05, 3.63) is 40.5 Å². The predicted octanol–water partition coefficient (Wildman–Crippen LogP) is 3.09. The number of ether oxygens (including phenoxy) is 1. The summed E-state index contributed by atoms with van der Waals surface area (Å²) < 4.78 is 28.7. The van der Waals surface area contributed by atoms with Crippen LogP contribution in [0.3, 0.4) is 0 Å². The Morgan fingerprint density at radius 3 is 2.57 bits per heavy atom. The minimum Gasteiger partial charge on any atom is -0.443 e. The van der Waals surface area contributed by atoms with Gasteiger partial charge in [-0.1, -0.05) is 23.7 Å². The third-order valence-electron chi connectivity index (χ3n) is 3.85. The number of amides is 2. The van der Waals surface area contributed by atoms with Crippen LogP contribution >= 0.6 is 11.6 Å². The summed E-state index contributed by atoms with van der Waals surface area (Å²) in [6, 6.07) is 4.86. The second kappa shape index (κ2) is 6.82. The summed E-state index contributed by atoms with van der Waals surface area (Å²) >= 11 is 6.13. The van der Waals surface area contributed by atoms with Crippen molar-refractivity contribution in [3.63, 3.8) is 0 Å². The second-order valence-electron chi connectivity index (χ2n) is 7.36. The molecule has 2 amide bonds. The van der Waals surface area contributed by atoms with E-state index in [9.17, 15) is 18.0 Å². The lowest BCUT2D eigenvalue weighted by atomic mass is 10.0. The molecule has 0 saturated carbocycles. The van der Waals surface area contributed by atoms with Crippen LogP contribution in [0.5, 0.6) is 0 Å². The van der Waals surface area contributed by atoms with Crippen molar-refractivity contribution in [2.75, 3.05) is 6.26 Å². The van der Waals surface area contributed by atoms with Gasteiger partial charge in [-0.3, -0.25) is 4.79 Å². The van der Waals surface area contributed by atoms with Gasteiger partial charge in [-0.15, -0.1) is 0 Å². The van der Waals surface area contributed by atoms with Gasteiger partial charge in [0.2, 0.25) is 15.0 Å². The summed E-state index contributed by atoms with van der Waals surface area (Å²) in [5.41, 5.74) is 0.847. The first-order chi connectivity index (χ1) is 12.9. The Hall–Kier alpha value is -2.52. The zero-order valence-corrected chi connectivity index (χ0v) is 17.3. The Morgan fingerprint density at radius 2 is 1.96 bits per heavy atom. The van der Waals surface area contributed by atoms with Crippen LogP contribution in [0.15, 0.2) is 29.6 Å². The molecule has 0 saturated heterocycles. The summed E-state index contributed by atoms with van der Waals surface area (Å²) in [6.45, 7) is 5.24. The minimum absolute atomic E-state index is 0.0927. The highest BCUT2D eigenvalue weighted by Crippen LogP contribution is 2.32. The van der Waals surface area contributed by atoms with Crippen molar-refractivity contribution >= 4 is 33.4 Å². The maximum absolute atomic E-state index is 12.7. The molecule has 1 aromatic heterocycles. The molecule has 2 heterocycles. The number of halogens is 1. The zero-order chi connectivity index (χ0) is 20.9. The predicted molar refractivity (Wildman–Crippen MR) is 102 cm³/mol. The first kappa shape index (κ1) is 20.2. The molecule has 28 heavy (non-hydrogen) atoms. The largest absolute Gasteiger partial charge is 0.443 e. The van der Waals surface area contributed by atoms with Gasteiger partial charge in [-0.2, -0.15) is 0 Å². The van der Waals surface area contributed by atoms with Gasteiger partial charge in [0.15, 0.2) is 0 Å². The fraction of sp³-hybridized carbons (Fsp3) is 0.333. The first-order valence-electron chi connectivity index (χ1n) is 8.27. The van der Waals surface area contributed by atoms with E-state index in [1.165, 1.54) is 12.3 Å². The number of hydrogen-bond donors (Lipinski definition) is 0. The molecule has 0 atom stereocenters. The summed E-state index contributed by atoms with van der Waals surface area (Å²) in [7, 11) is -3.63. The summed E-state index contributed by atoms with van der Waals surface area (Å²) in [6.07, 6.45) is 1.46. The molecule has 10 heteroatoms. The molecule has 3 rings (SSSR count). The maximum atomic E-state index is 12.7. The number of rotatable bonds is 2. The average Bonchev–Trinajstić information content (AvgIpc) is 2.89. The van der Waals surface area contributed by atoms with Crippen molar-refractivity contribution in [1.29, 1.82) is 0 Å². The van der Waals surface area contributed by atoms with E-state index < -0.39 is 27.4 Å². The van der Waals surface area contributed by atoms with Crippen LogP contribution < -0.4 is 0 Å². The van der Waals surface area contributed by atoms with E-state index >= 15 is 0 Å². The zero-order valence-electron chi connectivity index (χ0n) is 15.7. The lowest BCUT2D eigenvalue weighted by Crippen LogP contribution is -2.36. The molecule has 2 aromatic rings. The van der Waals surface area contributed by atoms with E-state index in [1.807, 2.05) is 0 Å². The summed E-state index contributed by atoms with van der Waals surface area (Å²) in [5, 5.41) is -0.226. The number of imide groups is 1. The van der Waals surface area contributed by atoms with E-state index in [0.717, 1.165) is 11.2 Å². The van der Waals surface area contributed by atoms with Crippen LogP contribution in [-0.4, -0.2) is 47.1 Å². The van der Waals surface area contributed by atoms with E-state index in [2.05, 4.69) is 9.97 Å². The number of sulfone groups is 1. The normalized spacial score (nSPS) is 14.2. The Labute approximate surface area is 167 Å². The number of hydrogen-bond acceptors (Lipinski definition) is 7. The monoisotopic (exact) mass is 423 g/mol. The van der Waals surface area contributed by atoms with Crippen LogP contribution in [0, 0.1) is 0 Å². The second-order valence-corrected chi connectivity index (χ2v) is 9.68. The molecule has 0 unspecified atom stereocenters. The van der Waals surface area contributed by atoms with E-state index in [1.54, 1.807) is 32.9 Å². The number of aromatic nitrogens is 2. The SMILES string of the molecule is CC(C)(C)OC(=O)N1Cc2ccc(-c3nc(S(C)(=O)=O)ncc3Cl)cc2C1=O. The van der Waals surface area contributed by atoms with Gasteiger partial charge < -0.3 is 4.74 Å². The van der Waals surface area contributed by atoms with Crippen LogP contribution in [0.2, 0.25) is 5.02 Å². The smallest absolute Gasteiger partial charge is 0.417 e. The Kier molecular flexibility index (Phi) is 4.93. The van der Waals surface area contributed by atoms with Crippen LogP contribution in [0.4, 0.5) is 4.79 Å².